The van der Waals surface area contributed by atoms with Crippen LogP contribution in [0.5, 0.6) is 0 Å². The third-order valence-corrected chi connectivity index (χ3v) is 2.62. The first-order valence-electron chi connectivity index (χ1n) is 5.80. The summed E-state index contributed by atoms with van der Waals surface area (Å²) in [5.74, 6) is 0. The van der Waals surface area contributed by atoms with Crippen molar-refractivity contribution in [2.45, 2.75) is 33.1 Å². The van der Waals surface area contributed by atoms with E-state index in [2.05, 4.69) is 18.6 Å². The summed E-state index contributed by atoms with van der Waals surface area (Å²) in [7, 11) is 3.25. The Morgan fingerprint density at radius 2 is 1.80 bits per heavy atom. The molecule has 0 aromatic heterocycles. The number of hydrogen-bond acceptors (Lipinski definition) is 3. The molecule has 3 nitrogen and oxygen atoms in total. The maximum absolute atomic E-state index is 5.59. The Balaban J connectivity index is 0.000000583. The van der Waals surface area contributed by atoms with E-state index in [0.717, 1.165) is 26.4 Å². The van der Waals surface area contributed by atoms with E-state index < -0.39 is 0 Å². The molecule has 1 aliphatic heterocycles. The first kappa shape index (κ1) is 14.9. The quantitative estimate of drug-likeness (QED) is 0.641. The van der Waals surface area contributed by atoms with Crippen molar-refractivity contribution in [1.82, 2.24) is 0 Å². The molecule has 15 heavy (non-hydrogen) atoms. The smallest absolute Gasteiger partial charge is 0.0566 e. The predicted octanol–water partition coefficient (Wildman–Crippen LogP) is 2.49. The highest BCUT2D eigenvalue weighted by atomic mass is 16.5. The van der Waals surface area contributed by atoms with E-state index >= 15 is 0 Å². The van der Waals surface area contributed by atoms with Gasteiger partial charge in [0.15, 0.2) is 0 Å². The van der Waals surface area contributed by atoms with Crippen LogP contribution in [0.4, 0.5) is 0 Å². The zero-order chi connectivity index (χ0) is 11.6. The number of rotatable bonds is 6. The third-order valence-electron chi connectivity index (χ3n) is 2.62. The van der Waals surface area contributed by atoms with E-state index in [4.69, 9.17) is 9.47 Å². The average Bonchev–Trinajstić information content (AvgIpc) is 2.17. The number of ether oxygens (including phenoxy) is 3. The summed E-state index contributed by atoms with van der Waals surface area (Å²) >= 11 is 0. The van der Waals surface area contributed by atoms with Gasteiger partial charge in [-0.1, -0.05) is 20.3 Å². The van der Waals surface area contributed by atoms with Crippen LogP contribution in [0.15, 0.2) is 0 Å². The van der Waals surface area contributed by atoms with Crippen molar-refractivity contribution in [1.29, 1.82) is 0 Å². The van der Waals surface area contributed by atoms with Crippen LogP contribution >= 0.6 is 0 Å². The highest BCUT2D eigenvalue weighted by Gasteiger charge is 2.36. The normalized spacial score (nSPS) is 17.6. The molecule has 92 valence electrons. The molecule has 0 saturated carbocycles. The van der Waals surface area contributed by atoms with Crippen molar-refractivity contribution >= 4 is 0 Å². The molecule has 0 unspecified atom stereocenters. The van der Waals surface area contributed by atoms with E-state index in [1.807, 2.05) is 0 Å². The van der Waals surface area contributed by atoms with Gasteiger partial charge < -0.3 is 14.2 Å². The fourth-order valence-corrected chi connectivity index (χ4v) is 1.32. The molecule has 0 aromatic carbocycles. The zero-order valence-electron chi connectivity index (χ0n) is 10.7. The van der Waals surface area contributed by atoms with Crippen LogP contribution in [0.3, 0.4) is 0 Å². The summed E-state index contributed by atoms with van der Waals surface area (Å²) in [6.07, 6.45) is 3.58. The summed E-state index contributed by atoms with van der Waals surface area (Å²) in [6, 6.07) is 0. The van der Waals surface area contributed by atoms with Crippen molar-refractivity contribution in [2.75, 3.05) is 40.6 Å². The molecule has 0 radical (unpaired) electrons. The maximum atomic E-state index is 5.59. The Morgan fingerprint density at radius 1 is 1.20 bits per heavy atom. The lowest BCUT2D eigenvalue weighted by molar-refractivity contribution is -0.150. The van der Waals surface area contributed by atoms with Crippen LogP contribution in [-0.2, 0) is 14.2 Å². The van der Waals surface area contributed by atoms with Gasteiger partial charge in [-0.15, -0.1) is 0 Å². The Labute approximate surface area is 94.1 Å². The molecule has 1 rings (SSSR count). The molecule has 0 aromatic rings. The van der Waals surface area contributed by atoms with Crippen molar-refractivity contribution in [3.63, 3.8) is 0 Å². The minimum atomic E-state index is 0.369. The minimum Gasteiger partial charge on any atom is -0.388 e. The highest BCUT2D eigenvalue weighted by molar-refractivity contribution is 4.83. The molecule has 1 fully saturated rings. The second-order valence-electron chi connectivity index (χ2n) is 4.16. The van der Waals surface area contributed by atoms with Gasteiger partial charge in [0.25, 0.3) is 0 Å². The number of hydrogen-bond donors (Lipinski definition) is 0. The second kappa shape index (κ2) is 9.13. The molecule has 0 aliphatic carbocycles. The van der Waals surface area contributed by atoms with Crippen LogP contribution in [0.1, 0.15) is 33.1 Å². The standard InChI is InChI=1S/C10H20O2.C2H6O/c1-3-5-6-11-7-10(4-2)8-12-9-10;1-3-2/h3-9H2,1-2H3;1-2H3. The van der Waals surface area contributed by atoms with Gasteiger partial charge in [0.2, 0.25) is 0 Å². The van der Waals surface area contributed by atoms with E-state index in [1.54, 1.807) is 14.2 Å². The van der Waals surface area contributed by atoms with Crippen molar-refractivity contribution < 1.29 is 14.2 Å². The Bertz CT molecular complexity index is 127. The largest absolute Gasteiger partial charge is 0.388 e. The molecule has 0 spiro atoms. The van der Waals surface area contributed by atoms with Gasteiger partial charge in [0.05, 0.1) is 19.8 Å². The van der Waals surface area contributed by atoms with E-state index in [0.29, 0.717) is 5.41 Å². The lowest BCUT2D eigenvalue weighted by Crippen LogP contribution is -2.45. The second-order valence-corrected chi connectivity index (χ2v) is 4.16. The van der Waals surface area contributed by atoms with Crippen molar-refractivity contribution in [2.24, 2.45) is 5.41 Å². The molecule has 1 saturated heterocycles. The summed E-state index contributed by atoms with van der Waals surface area (Å²) in [4.78, 5) is 0. The zero-order valence-corrected chi connectivity index (χ0v) is 10.7. The van der Waals surface area contributed by atoms with Crippen molar-refractivity contribution in [3.8, 4) is 0 Å². The molecule has 3 heteroatoms. The summed E-state index contributed by atoms with van der Waals surface area (Å²) < 4.78 is 15.0. The Kier molecular flexibility index (Phi) is 9.06. The predicted molar refractivity (Wildman–Crippen MR) is 62.2 cm³/mol. The molecule has 0 N–H and O–H groups in total. The fraction of sp³-hybridized carbons (Fsp3) is 1.00. The molecular formula is C12H26O3. The molecule has 0 amide bonds. The van der Waals surface area contributed by atoms with Gasteiger partial charge in [-0.3, -0.25) is 0 Å². The van der Waals surface area contributed by atoms with Gasteiger partial charge in [-0.25, -0.2) is 0 Å². The molecule has 0 bridgehead atoms. The minimum absolute atomic E-state index is 0.369. The first-order valence-corrected chi connectivity index (χ1v) is 5.80. The molecule has 0 atom stereocenters. The van der Waals surface area contributed by atoms with Gasteiger partial charge in [0, 0.05) is 26.2 Å². The first-order chi connectivity index (χ1) is 7.24. The Hall–Kier alpha value is -0.120. The van der Waals surface area contributed by atoms with Gasteiger partial charge >= 0.3 is 0 Å². The van der Waals surface area contributed by atoms with Crippen molar-refractivity contribution in [3.05, 3.63) is 0 Å². The molecular weight excluding hydrogens is 192 g/mol. The number of unbranched alkanes of at least 4 members (excludes halogenated alkanes) is 1. The van der Waals surface area contributed by atoms with Gasteiger partial charge in [-0.05, 0) is 12.8 Å². The van der Waals surface area contributed by atoms with E-state index in [1.165, 1.54) is 19.3 Å². The van der Waals surface area contributed by atoms with Crippen LogP contribution < -0.4 is 0 Å². The molecule has 1 heterocycles. The Morgan fingerprint density at radius 3 is 2.13 bits per heavy atom. The number of methoxy groups -OCH3 is 1. The summed E-state index contributed by atoms with van der Waals surface area (Å²) in [6.45, 7) is 8.00. The van der Waals surface area contributed by atoms with Gasteiger partial charge in [0.1, 0.15) is 0 Å². The lowest BCUT2D eigenvalue weighted by Gasteiger charge is -2.40. The maximum Gasteiger partial charge on any atom is 0.0566 e. The van der Waals surface area contributed by atoms with Gasteiger partial charge in [-0.2, -0.15) is 0 Å². The summed E-state index contributed by atoms with van der Waals surface area (Å²) in [5, 5.41) is 0. The topological polar surface area (TPSA) is 27.7 Å². The van der Waals surface area contributed by atoms with Crippen LogP contribution in [0.2, 0.25) is 0 Å². The van der Waals surface area contributed by atoms with E-state index in [-0.39, 0.29) is 0 Å². The SMILES string of the molecule is CCCCOCC1(CC)COC1.COC. The fourth-order valence-electron chi connectivity index (χ4n) is 1.32. The lowest BCUT2D eigenvalue weighted by atomic mass is 9.84. The summed E-state index contributed by atoms with van der Waals surface area (Å²) in [5.41, 5.74) is 0.369. The molecule has 1 aliphatic rings. The van der Waals surface area contributed by atoms with E-state index in [9.17, 15) is 0 Å². The van der Waals surface area contributed by atoms with Crippen LogP contribution in [-0.4, -0.2) is 40.6 Å². The van der Waals surface area contributed by atoms with Crippen LogP contribution in [0.25, 0.3) is 0 Å². The monoisotopic (exact) mass is 218 g/mol. The third kappa shape index (κ3) is 6.13. The highest BCUT2D eigenvalue weighted by Crippen LogP contribution is 2.31. The average molecular weight is 218 g/mol. The van der Waals surface area contributed by atoms with Crippen LogP contribution in [0, 0.1) is 5.41 Å².